The minimum absolute atomic E-state index is 0.0531. The van der Waals surface area contributed by atoms with Crippen LogP contribution in [0.1, 0.15) is 19.8 Å². The molecule has 4 nitrogen and oxygen atoms in total. The first-order valence-corrected chi connectivity index (χ1v) is 4.92. The van der Waals surface area contributed by atoms with Crippen molar-refractivity contribution in [1.82, 2.24) is 10.6 Å². The van der Waals surface area contributed by atoms with Crippen LogP contribution in [-0.2, 0) is 9.53 Å². The normalized spacial score (nSPS) is 21.8. The molecule has 0 aromatic carbocycles. The Kier molecular flexibility index (Phi) is 4.78. The van der Waals surface area contributed by atoms with Crippen LogP contribution >= 0.6 is 0 Å². The quantitative estimate of drug-likeness (QED) is 0.630. The molecule has 1 rings (SSSR count). The van der Waals surface area contributed by atoms with Crippen molar-refractivity contribution in [3.63, 3.8) is 0 Å². The average Bonchev–Trinajstić information content (AvgIpc) is 2.64. The van der Waals surface area contributed by atoms with Crippen LogP contribution in [0.25, 0.3) is 0 Å². The molecular weight excluding hydrogens is 168 g/mol. The first kappa shape index (κ1) is 10.5. The van der Waals surface area contributed by atoms with Gasteiger partial charge in [0.05, 0.1) is 12.6 Å². The molecule has 1 fully saturated rings. The van der Waals surface area contributed by atoms with Crippen LogP contribution < -0.4 is 10.6 Å². The summed E-state index contributed by atoms with van der Waals surface area (Å²) in [5.74, 6) is 0.0531. The molecule has 1 saturated heterocycles. The summed E-state index contributed by atoms with van der Waals surface area (Å²) in [4.78, 5) is 11.1. The summed E-state index contributed by atoms with van der Waals surface area (Å²) in [6.07, 6.45) is 2.43. The predicted molar refractivity (Wildman–Crippen MR) is 50.5 cm³/mol. The van der Waals surface area contributed by atoms with Crippen LogP contribution in [-0.4, -0.2) is 38.3 Å². The second-order valence-electron chi connectivity index (χ2n) is 3.22. The third-order valence-corrected chi connectivity index (χ3v) is 2.09. The zero-order chi connectivity index (χ0) is 9.52. The maximum Gasteiger partial charge on any atom is 0.234 e. The molecule has 1 aliphatic rings. The largest absolute Gasteiger partial charge is 0.376 e. The Bertz CT molecular complexity index is 156. The summed E-state index contributed by atoms with van der Waals surface area (Å²) < 4.78 is 5.37. The molecule has 0 aromatic rings. The molecule has 0 aliphatic carbocycles. The Morgan fingerprint density at radius 3 is 3.08 bits per heavy atom. The highest BCUT2D eigenvalue weighted by Gasteiger charge is 2.15. The van der Waals surface area contributed by atoms with E-state index in [1.54, 1.807) is 0 Å². The van der Waals surface area contributed by atoms with Crippen LogP contribution in [0.5, 0.6) is 0 Å². The summed E-state index contributed by atoms with van der Waals surface area (Å²) in [7, 11) is 0. The molecule has 0 bridgehead atoms. The van der Waals surface area contributed by atoms with E-state index in [9.17, 15) is 4.79 Å². The van der Waals surface area contributed by atoms with Gasteiger partial charge in [-0.3, -0.25) is 4.79 Å². The van der Waals surface area contributed by atoms with Crippen LogP contribution in [0.2, 0.25) is 0 Å². The number of ether oxygens (including phenoxy) is 1. The summed E-state index contributed by atoms with van der Waals surface area (Å²) in [6.45, 7) is 4.71. The molecule has 0 radical (unpaired) electrons. The van der Waals surface area contributed by atoms with Crippen LogP contribution in [0, 0.1) is 0 Å². The van der Waals surface area contributed by atoms with Gasteiger partial charge in [-0.05, 0) is 19.4 Å². The fourth-order valence-electron chi connectivity index (χ4n) is 1.33. The van der Waals surface area contributed by atoms with E-state index in [0.717, 1.165) is 26.0 Å². The fraction of sp³-hybridized carbons (Fsp3) is 0.889. The molecule has 1 unspecified atom stereocenters. The Balaban J connectivity index is 2.00. The van der Waals surface area contributed by atoms with Crippen molar-refractivity contribution in [3.8, 4) is 0 Å². The van der Waals surface area contributed by atoms with E-state index in [1.807, 2.05) is 6.92 Å². The lowest BCUT2D eigenvalue weighted by Crippen LogP contribution is -2.37. The Morgan fingerprint density at radius 2 is 2.46 bits per heavy atom. The van der Waals surface area contributed by atoms with Gasteiger partial charge < -0.3 is 15.4 Å². The maximum absolute atomic E-state index is 11.1. The maximum atomic E-state index is 11.1. The third kappa shape index (κ3) is 4.24. The van der Waals surface area contributed by atoms with Gasteiger partial charge in [-0.25, -0.2) is 0 Å². The molecule has 0 saturated carbocycles. The fourth-order valence-corrected chi connectivity index (χ4v) is 1.33. The molecular formula is C9H18N2O2. The van der Waals surface area contributed by atoms with Gasteiger partial charge in [0, 0.05) is 13.2 Å². The molecule has 0 spiro atoms. The van der Waals surface area contributed by atoms with Gasteiger partial charge in [0.2, 0.25) is 5.91 Å². The summed E-state index contributed by atoms with van der Waals surface area (Å²) in [6, 6.07) is 0. The second-order valence-corrected chi connectivity index (χ2v) is 3.22. The van der Waals surface area contributed by atoms with E-state index >= 15 is 0 Å². The second kappa shape index (κ2) is 5.94. The van der Waals surface area contributed by atoms with Crippen molar-refractivity contribution in [2.45, 2.75) is 25.9 Å². The Labute approximate surface area is 79.0 Å². The molecule has 1 amide bonds. The van der Waals surface area contributed by atoms with Crippen molar-refractivity contribution in [1.29, 1.82) is 0 Å². The number of carbonyl (C=O) groups excluding carboxylic acids is 1. The van der Waals surface area contributed by atoms with Crippen molar-refractivity contribution in [3.05, 3.63) is 0 Å². The number of likely N-dealkylation sites (N-methyl/N-ethyl adjacent to an activating group) is 1. The topological polar surface area (TPSA) is 50.4 Å². The summed E-state index contributed by atoms with van der Waals surface area (Å²) in [5, 5.41) is 5.80. The first-order chi connectivity index (χ1) is 6.33. The smallest absolute Gasteiger partial charge is 0.234 e. The van der Waals surface area contributed by atoms with E-state index in [1.165, 1.54) is 0 Å². The van der Waals surface area contributed by atoms with Gasteiger partial charge in [0.25, 0.3) is 0 Å². The molecule has 13 heavy (non-hydrogen) atoms. The van der Waals surface area contributed by atoms with E-state index < -0.39 is 0 Å². The van der Waals surface area contributed by atoms with Gasteiger partial charge in [-0.1, -0.05) is 6.92 Å². The highest BCUT2D eigenvalue weighted by atomic mass is 16.5. The third-order valence-electron chi connectivity index (χ3n) is 2.09. The number of rotatable bonds is 5. The molecule has 1 atom stereocenters. The number of amides is 1. The van der Waals surface area contributed by atoms with Gasteiger partial charge >= 0.3 is 0 Å². The molecule has 0 aromatic heterocycles. The van der Waals surface area contributed by atoms with E-state index in [0.29, 0.717) is 13.1 Å². The van der Waals surface area contributed by atoms with Gasteiger partial charge in [-0.2, -0.15) is 0 Å². The lowest BCUT2D eigenvalue weighted by Gasteiger charge is -2.10. The number of carbonyl (C=O) groups is 1. The van der Waals surface area contributed by atoms with Crippen LogP contribution in [0.15, 0.2) is 0 Å². The van der Waals surface area contributed by atoms with Gasteiger partial charge in [-0.15, -0.1) is 0 Å². The summed E-state index contributed by atoms with van der Waals surface area (Å²) >= 11 is 0. The van der Waals surface area contributed by atoms with Crippen LogP contribution in [0.3, 0.4) is 0 Å². The Hall–Kier alpha value is -0.610. The summed E-state index contributed by atoms with van der Waals surface area (Å²) in [5.41, 5.74) is 0. The zero-order valence-electron chi connectivity index (χ0n) is 8.14. The number of nitrogens with one attached hydrogen (secondary N) is 2. The van der Waals surface area contributed by atoms with Gasteiger partial charge in [0.15, 0.2) is 0 Å². The zero-order valence-corrected chi connectivity index (χ0v) is 8.14. The van der Waals surface area contributed by atoms with Crippen molar-refractivity contribution < 1.29 is 9.53 Å². The SMILES string of the molecule is CCNCC(=O)NCC1CCCO1. The molecule has 4 heteroatoms. The monoisotopic (exact) mass is 186 g/mol. The molecule has 1 aliphatic heterocycles. The lowest BCUT2D eigenvalue weighted by molar-refractivity contribution is -0.120. The predicted octanol–water partition coefficient (Wildman–Crippen LogP) is -0.109. The lowest BCUT2D eigenvalue weighted by atomic mass is 10.2. The highest BCUT2D eigenvalue weighted by molar-refractivity contribution is 5.77. The minimum Gasteiger partial charge on any atom is -0.376 e. The van der Waals surface area contributed by atoms with Gasteiger partial charge in [0.1, 0.15) is 0 Å². The minimum atomic E-state index is 0.0531. The Morgan fingerprint density at radius 1 is 1.62 bits per heavy atom. The van der Waals surface area contributed by atoms with Crippen molar-refractivity contribution in [2.75, 3.05) is 26.2 Å². The molecule has 76 valence electrons. The number of hydrogen-bond acceptors (Lipinski definition) is 3. The average molecular weight is 186 g/mol. The molecule has 2 N–H and O–H groups in total. The van der Waals surface area contributed by atoms with E-state index in [-0.39, 0.29) is 12.0 Å². The number of hydrogen-bond donors (Lipinski definition) is 2. The van der Waals surface area contributed by atoms with E-state index in [2.05, 4.69) is 10.6 Å². The standard InChI is InChI=1S/C9H18N2O2/c1-2-10-7-9(12)11-6-8-4-3-5-13-8/h8,10H,2-7H2,1H3,(H,11,12). The van der Waals surface area contributed by atoms with Crippen molar-refractivity contribution >= 4 is 5.91 Å². The van der Waals surface area contributed by atoms with Crippen molar-refractivity contribution in [2.24, 2.45) is 0 Å². The molecule has 1 heterocycles. The van der Waals surface area contributed by atoms with E-state index in [4.69, 9.17) is 4.74 Å². The van der Waals surface area contributed by atoms with Crippen LogP contribution in [0.4, 0.5) is 0 Å². The highest BCUT2D eigenvalue weighted by Crippen LogP contribution is 2.10. The first-order valence-electron chi connectivity index (χ1n) is 4.92.